The number of rotatable bonds is 3. The highest BCUT2D eigenvalue weighted by Crippen LogP contribution is 2.43. The van der Waals surface area contributed by atoms with Crippen molar-refractivity contribution in [1.29, 1.82) is 0 Å². The van der Waals surface area contributed by atoms with Gasteiger partial charge in [-0.2, -0.15) is 13.2 Å². The van der Waals surface area contributed by atoms with Crippen molar-refractivity contribution in [3.05, 3.63) is 22.8 Å². The molecule has 4 heteroatoms. The standard InChI is InChI=1S/C13H20F3Si/c1-9-8-12(11(3)10(9)2)17(4,5)7-6-13(14,15)16/h12H,6-7H2,1-5H3. The number of hydrogen-bond donors (Lipinski definition) is 0. The normalized spacial score (nSPS) is 22.1. The van der Waals surface area contributed by atoms with Gasteiger partial charge < -0.3 is 0 Å². The fraction of sp³-hybridized carbons (Fsp3) is 0.692. The second-order valence-electron chi connectivity index (χ2n) is 5.61. The summed E-state index contributed by atoms with van der Waals surface area (Å²) in [5.41, 5.74) is 3.70. The molecule has 17 heavy (non-hydrogen) atoms. The Hall–Kier alpha value is -0.513. The Morgan fingerprint density at radius 1 is 1.18 bits per heavy atom. The Labute approximate surface area is 103 Å². The highest BCUT2D eigenvalue weighted by molar-refractivity contribution is 6.79. The Balaban J connectivity index is 2.80. The molecular formula is C13H20F3Si. The van der Waals surface area contributed by atoms with Crippen LogP contribution in [-0.4, -0.2) is 14.3 Å². The van der Waals surface area contributed by atoms with Crippen LogP contribution in [0.15, 0.2) is 16.7 Å². The second-order valence-corrected chi connectivity index (χ2v) is 10.7. The van der Waals surface area contributed by atoms with Crippen LogP contribution in [-0.2, 0) is 0 Å². The molecule has 0 aliphatic heterocycles. The summed E-state index contributed by atoms with van der Waals surface area (Å²) in [5.74, 6) is 0. The Morgan fingerprint density at radius 3 is 2.06 bits per heavy atom. The number of alkyl halides is 3. The molecule has 1 radical (unpaired) electrons. The van der Waals surface area contributed by atoms with Gasteiger partial charge in [-0.1, -0.05) is 18.7 Å². The van der Waals surface area contributed by atoms with Crippen LogP contribution < -0.4 is 0 Å². The van der Waals surface area contributed by atoms with Gasteiger partial charge in [0.25, 0.3) is 0 Å². The Kier molecular flexibility index (Phi) is 3.96. The molecular weight excluding hydrogens is 241 g/mol. The molecule has 1 atom stereocenters. The molecule has 1 aliphatic carbocycles. The van der Waals surface area contributed by atoms with Gasteiger partial charge >= 0.3 is 6.18 Å². The second kappa shape index (κ2) is 4.63. The minimum absolute atomic E-state index is 0.157. The largest absolute Gasteiger partial charge is 0.388 e. The zero-order chi connectivity index (χ0) is 13.4. The van der Waals surface area contributed by atoms with Gasteiger partial charge in [-0.25, -0.2) is 0 Å². The van der Waals surface area contributed by atoms with Gasteiger partial charge in [0.05, 0.1) is 8.07 Å². The number of hydrogen-bond acceptors (Lipinski definition) is 0. The third-order valence-electron chi connectivity index (χ3n) is 3.78. The van der Waals surface area contributed by atoms with Crippen molar-refractivity contribution in [2.45, 2.75) is 58.0 Å². The van der Waals surface area contributed by atoms with Gasteiger partial charge in [-0.15, -0.1) is 0 Å². The molecule has 1 rings (SSSR count). The smallest absolute Gasteiger partial charge is 0.171 e. The van der Waals surface area contributed by atoms with Crippen molar-refractivity contribution in [2.24, 2.45) is 0 Å². The fourth-order valence-corrected chi connectivity index (χ4v) is 5.55. The van der Waals surface area contributed by atoms with Gasteiger partial charge in [-0.3, -0.25) is 0 Å². The SMILES string of the molecule is CC1=[C]C([Si](C)(C)CCC(F)(F)F)C(C)=C1C. The van der Waals surface area contributed by atoms with Gasteiger partial charge in [-0.05, 0) is 44.0 Å². The lowest BCUT2D eigenvalue weighted by Crippen LogP contribution is -2.33. The minimum atomic E-state index is -4.03. The van der Waals surface area contributed by atoms with E-state index in [4.69, 9.17) is 0 Å². The van der Waals surface area contributed by atoms with E-state index in [0.29, 0.717) is 0 Å². The molecule has 0 heterocycles. The van der Waals surface area contributed by atoms with Crippen LogP contribution in [0.2, 0.25) is 24.7 Å². The quantitative estimate of drug-likeness (QED) is 0.619. The van der Waals surface area contributed by atoms with Crippen molar-refractivity contribution in [2.75, 3.05) is 0 Å². The maximum Gasteiger partial charge on any atom is 0.388 e. The Bertz CT molecular complexity index is 361. The highest BCUT2D eigenvalue weighted by Gasteiger charge is 2.38. The molecule has 0 spiro atoms. The van der Waals surface area contributed by atoms with Gasteiger partial charge in [0.1, 0.15) is 0 Å². The summed E-state index contributed by atoms with van der Waals surface area (Å²) < 4.78 is 36.9. The average molecular weight is 261 g/mol. The van der Waals surface area contributed by atoms with E-state index in [1.54, 1.807) is 0 Å². The van der Waals surface area contributed by atoms with Gasteiger partial charge in [0.2, 0.25) is 0 Å². The summed E-state index contributed by atoms with van der Waals surface area (Å²) >= 11 is 0. The first kappa shape index (κ1) is 14.5. The lowest BCUT2D eigenvalue weighted by Gasteiger charge is -2.30. The lowest BCUT2D eigenvalue weighted by atomic mass is 10.1. The van der Waals surface area contributed by atoms with Gasteiger partial charge in [0, 0.05) is 12.0 Å². The zero-order valence-corrected chi connectivity index (χ0v) is 12.1. The van der Waals surface area contributed by atoms with Crippen molar-refractivity contribution >= 4 is 8.07 Å². The van der Waals surface area contributed by atoms with Crippen LogP contribution >= 0.6 is 0 Å². The molecule has 0 aromatic rings. The van der Waals surface area contributed by atoms with E-state index in [-0.39, 0.29) is 11.6 Å². The molecule has 0 nitrogen and oxygen atoms in total. The fourth-order valence-electron chi connectivity index (χ4n) is 2.33. The van der Waals surface area contributed by atoms with E-state index in [1.807, 2.05) is 33.9 Å². The number of halogens is 3. The van der Waals surface area contributed by atoms with Crippen molar-refractivity contribution in [3.63, 3.8) is 0 Å². The zero-order valence-electron chi connectivity index (χ0n) is 11.1. The van der Waals surface area contributed by atoms with Crippen LogP contribution in [0.5, 0.6) is 0 Å². The summed E-state index contributed by atoms with van der Waals surface area (Å²) in [5, 5.41) is 0. The van der Waals surface area contributed by atoms with E-state index >= 15 is 0 Å². The summed E-state index contributed by atoms with van der Waals surface area (Å²) in [6.45, 7) is 10.1. The Morgan fingerprint density at radius 2 is 1.71 bits per heavy atom. The summed E-state index contributed by atoms with van der Waals surface area (Å²) in [6.07, 6.45) is -1.32. The van der Waals surface area contributed by atoms with Crippen LogP contribution in [0.3, 0.4) is 0 Å². The molecule has 1 aliphatic rings. The van der Waals surface area contributed by atoms with E-state index in [2.05, 4.69) is 6.08 Å². The topological polar surface area (TPSA) is 0 Å². The predicted octanol–water partition coefficient (Wildman–Crippen LogP) is 5.12. The molecule has 0 aromatic carbocycles. The maximum atomic E-state index is 12.3. The van der Waals surface area contributed by atoms with E-state index in [9.17, 15) is 13.2 Å². The van der Waals surface area contributed by atoms with Crippen LogP contribution in [0.1, 0.15) is 27.2 Å². The maximum absolute atomic E-state index is 12.3. The summed E-state index contributed by atoms with van der Waals surface area (Å²) in [6, 6.07) is 0.284. The monoisotopic (exact) mass is 261 g/mol. The van der Waals surface area contributed by atoms with Crippen LogP contribution in [0, 0.1) is 6.08 Å². The van der Waals surface area contributed by atoms with E-state index in [1.165, 1.54) is 11.1 Å². The summed E-state index contributed by atoms with van der Waals surface area (Å²) in [7, 11) is -1.94. The molecule has 0 bridgehead atoms. The first-order chi connectivity index (χ1) is 7.54. The van der Waals surface area contributed by atoms with E-state index < -0.39 is 20.7 Å². The van der Waals surface area contributed by atoms with E-state index in [0.717, 1.165) is 5.57 Å². The first-order valence-corrected chi connectivity index (χ1v) is 9.17. The predicted molar refractivity (Wildman–Crippen MR) is 67.5 cm³/mol. The minimum Gasteiger partial charge on any atom is -0.171 e. The first-order valence-electron chi connectivity index (χ1n) is 5.89. The van der Waals surface area contributed by atoms with Crippen molar-refractivity contribution in [3.8, 4) is 0 Å². The summed E-state index contributed by atoms with van der Waals surface area (Å²) in [4.78, 5) is 0. The van der Waals surface area contributed by atoms with Crippen LogP contribution in [0.4, 0.5) is 13.2 Å². The van der Waals surface area contributed by atoms with Crippen molar-refractivity contribution in [1.82, 2.24) is 0 Å². The average Bonchev–Trinajstić information content (AvgIpc) is 2.43. The highest BCUT2D eigenvalue weighted by atomic mass is 28.3. The third kappa shape index (κ3) is 3.47. The van der Waals surface area contributed by atoms with Crippen molar-refractivity contribution < 1.29 is 13.2 Å². The van der Waals surface area contributed by atoms with Crippen LogP contribution in [0.25, 0.3) is 0 Å². The molecule has 0 fully saturated rings. The van der Waals surface area contributed by atoms with Gasteiger partial charge in [0.15, 0.2) is 0 Å². The number of allylic oxidation sites excluding steroid dienone is 4. The molecule has 0 saturated heterocycles. The molecule has 97 valence electrons. The lowest BCUT2D eigenvalue weighted by molar-refractivity contribution is -0.130. The molecule has 0 N–H and O–H groups in total. The molecule has 0 amide bonds. The third-order valence-corrected chi connectivity index (χ3v) is 7.46. The molecule has 0 saturated carbocycles. The molecule has 1 unspecified atom stereocenters. The molecule has 0 aromatic heterocycles.